The Balaban J connectivity index is 1.50. The summed E-state index contributed by atoms with van der Waals surface area (Å²) in [5.74, 6) is 0.559. The van der Waals surface area contributed by atoms with Crippen LogP contribution in [0.15, 0.2) is 54.6 Å². The topological polar surface area (TPSA) is 56.3 Å². The number of carbonyl (C=O) groups excluding carboxylic acids is 2. The first kappa shape index (κ1) is 18.3. The highest BCUT2D eigenvalue weighted by Crippen LogP contribution is 2.24. The number of likely N-dealkylation sites (tertiary alicyclic amines) is 1. The maximum Gasteiger partial charge on any atom is 0.353 e. The molecule has 1 aliphatic rings. The predicted molar refractivity (Wildman–Crippen MR) is 107 cm³/mol. The number of hydrogen-bond acceptors (Lipinski definition) is 4. The van der Waals surface area contributed by atoms with Crippen LogP contribution in [-0.4, -0.2) is 34.9 Å². The van der Waals surface area contributed by atoms with Crippen molar-refractivity contribution in [2.45, 2.75) is 26.4 Å². The van der Waals surface area contributed by atoms with Crippen LogP contribution in [-0.2, 0) is 11.4 Å². The van der Waals surface area contributed by atoms with Gasteiger partial charge in [0.25, 0.3) is 0 Å². The summed E-state index contributed by atoms with van der Waals surface area (Å²) in [6.45, 7) is 3.58. The normalized spacial score (nSPS) is 15.5. The third-order valence-corrected chi connectivity index (χ3v) is 5.40. The number of pyridine rings is 1. The summed E-state index contributed by atoms with van der Waals surface area (Å²) in [4.78, 5) is 28.8. The third kappa shape index (κ3) is 3.41. The van der Waals surface area contributed by atoms with E-state index in [-0.39, 0.29) is 10.4 Å². The first-order valence-electron chi connectivity index (χ1n) is 9.57. The number of quaternary nitrogens is 1. The maximum absolute atomic E-state index is 12.8. The number of rotatable bonds is 5. The summed E-state index contributed by atoms with van der Waals surface area (Å²) in [6, 6.07) is 17.1. The van der Waals surface area contributed by atoms with Gasteiger partial charge < -0.3 is 4.74 Å². The van der Waals surface area contributed by atoms with Crippen LogP contribution in [0, 0.1) is 6.92 Å². The zero-order chi connectivity index (χ0) is 19.6. The number of ether oxygens (including phenoxy) is 1. The molecule has 2 amide bonds. The molecule has 1 fully saturated rings. The van der Waals surface area contributed by atoms with Gasteiger partial charge in [-0.25, -0.2) is 9.59 Å². The van der Waals surface area contributed by atoms with Crippen molar-refractivity contribution in [3.63, 3.8) is 0 Å². The number of nitrogens with zero attached hydrogens (tertiary/aromatic N) is 2. The van der Waals surface area contributed by atoms with Crippen LogP contribution in [0.2, 0.25) is 0 Å². The van der Waals surface area contributed by atoms with Gasteiger partial charge in [0.05, 0.1) is 24.2 Å². The molecule has 1 aliphatic heterocycles. The number of hydrogen-bond donors (Lipinski definition) is 0. The lowest BCUT2D eigenvalue weighted by Crippen LogP contribution is -2.49. The van der Waals surface area contributed by atoms with E-state index in [1.54, 1.807) is 24.3 Å². The Bertz CT molecular complexity index is 1020. The quantitative estimate of drug-likeness (QED) is 0.499. The molecule has 0 saturated carbocycles. The Morgan fingerprint density at radius 2 is 1.82 bits per heavy atom. The molecule has 0 N–H and O–H groups in total. The van der Waals surface area contributed by atoms with Crippen LogP contribution < -0.4 is 4.74 Å². The fraction of sp³-hybridized carbons (Fsp3) is 0.261. The first-order chi connectivity index (χ1) is 13.6. The summed E-state index contributed by atoms with van der Waals surface area (Å²) < 4.78 is 5.86. The Labute approximate surface area is 164 Å². The minimum atomic E-state index is -0.130. The van der Waals surface area contributed by atoms with E-state index in [1.165, 1.54) is 0 Å². The van der Waals surface area contributed by atoms with Crippen molar-refractivity contribution in [1.82, 2.24) is 4.98 Å². The summed E-state index contributed by atoms with van der Waals surface area (Å²) in [5, 5.41) is 1.08. The molecule has 0 radical (unpaired) electrons. The average Bonchev–Trinajstić information content (AvgIpc) is 3.22. The third-order valence-electron chi connectivity index (χ3n) is 5.40. The molecular weight excluding hydrogens is 352 g/mol. The van der Waals surface area contributed by atoms with Gasteiger partial charge in [-0.1, -0.05) is 18.2 Å². The van der Waals surface area contributed by atoms with Crippen LogP contribution in [0.4, 0.5) is 0 Å². The standard InChI is InChI=1S/C23H23N2O3/c1-17-14-19(21-6-2-3-7-22(21)24-17)15-28-20-10-8-18(9-11-20)23(27)25(16-26)12-4-5-13-25/h2-3,6-11,14,16H,4-5,12-13,15H2,1H3/q+1. The lowest BCUT2D eigenvalue weighted by molar-refractivity contribution is -0.748. The lowest BCUT2D eigenvalue weighted by atomic mass is 10.1. The Morgan fingerprint density at radius 1 is 1.11 bits per heavy atom. The molecule has 0 atom stereocenters. The maximum atomic E-state index is 12.8. The van der Waals surface area contributed by atoms with E-state index in [9.17, 15) is 9.59 Å². The van der Waals surface area contributed by atoms with Gasteiger partial charge >= 0.3 is 12.3 Å². The average molecular weight is 375 g/mol. The van der Waals surface area contributed by atoms with Crippen molar-refractivity contribution in [3.8, 4) is 5.75 Å². The molecule has 1 saturated heterocycles. The van der Waals surface area contributed by atoms with E-state index in [1.807, 2.05) is 37.3 Å². The second kappa shape index (κ2) is 7.52. The van der Waals surface area contributed by atoms with E-state index < -0.39 is 0 Å². The smallest absolute Gasteiger partial charge is 0.353 e. The van der Waals surface area contributed by atoms with Crippen LogP contribution in [0.1, 0.15) is 34.5 Å². The van der Waals surface area contributed by atoms with E-state index in [4.69, 9.17) is 4.74 Å². The van der Waals surface area contributed by atoms with Gasteiger partial charge in [0.15, 0.2) is 0 Å². The largest absolute Gasteiger partial charge is 0.489 e. The highest BCUT2D eigenvalue weighted by Gasteiger charge is 2.40. The van der Waals surface area contributed by atoms with Crippen molar-refractivity contribution in [2.75, 3.05) is 13.1 Å². The van der Waals surface area contributed by atoms with E-state index in [2.05, 4.69) is 4.98 Å². The van der Waals surface area contributed by atoms with E-state index in [0.717, 1.165) is 41.4 Å². The van der Waals surface area contributed by atoms with Gasteiger partial charge in [-0.3, -0.25) is 4.98 Å². The van der Waals surface area contributed by atoms with Gasteiger partial charge in [-0.15, -0.1) is 0 Å². The fourth-order valence-electron chi connectivity index (χ4n) is 3.88. The Morgan fingerprint density at radius 3 is 2.54 bits per heavy atom. The number of benzene rings is 2. The summed E-state index contributed by atoms with van der Waals surface area (Å²) >= 11 is 0. The molecule has 4 rings (SSSR count). The summed E-state index contributed by atoms with van der Waals surface area (Å²) in [7, 11) is 0. The van der Waals surface area contributed by atoms with Crippen LogP contribution in [0.5, 0.6) is 5.75 Å². The summed E-state index contributed by atoms with van der Waals surface area (Å²) in [6.07, 6.45) is 2.60. The van der Waals surface area contributed by atoms with E-state index in [0.29, 0.717) is 31.0 Å². The van der Waals surface area contributed by atoms with E-state index >= 15 is 0 Å². The van der Waals surface area contributed by atoms with Crippen molar-refractivity contribution in [3.05, 3.63) is 71.4 Å². The molecule has 2 heterocycles. The number of carbonyl (C=O) groups is 2. The van der Waals surface area contributed by atoms with Crippen molar-refractivity contribution >= 4 is 23.2 Å². The van der Waals surface area contributed by atoms with Crippen LogP contribution >= 0.6 is 0 Å². The number of aryl methyl sites for hydroxylation is 1. The van der Waals surface area contributed by atoms with Crippen molar-refractivity contribution in [1.29, 1.82) is 0 Å². The van der Waals surface area contributed by atoms with Crippen LogP contribution in [0.25, 0.3) is 10.9 Å². The minimum absolute atomic E-state index is 0.0948. The second-order valence-corrected chi connectivity index (χ2v) is 7.35. The second-order valence-electron chi connectivity index (χ2n) is 7.35. The fourth-order valence-corrected chi connectivity index (χ4v) is 3.88. The molecule has 2 aromatic carbocycles. The minimum Gasteiger partial charge on any atom is -0.489 e. The summed E-state index contributed by atoms with van der Waals surface area (Å²) in [5.41, 5.74) is 3.53. The molecule has 5 heteroatoms. The predicted octanol–water partition coefficient (Wildman–Crippen LogP) is 4.03. The number of imide groups is 1. The lowest BCUT2D eigenvalue weighted by Gasteiger charge is -2.23. The SMILES string of the molecule is Cc1cc(COc2ccc(C(=O)[N+]3(C=O)CCCC3)cc2)c2ccccc2n1. The van der Waals surface area contributed by atoms with Gasteiger partial charge in [0, 0.05) is 29.5 Å². The van der Waals surface area contributed by atoms with Gasteiger partial charge in [-0.2, -0.15) is 4.48 Å². The molecule has 142 valence electrons. The molecule has 1 aromatic heterocycles. The monoisotopic (exact) mass is 375 g/mol. The zero-order valence-electron chi connectivity index (χ0n) is 15.9. The molecule has 0 bridgehead atoms. The molecule has 0 aliphatic carbocycles. The van der Waals surface area contributed by atoms with Gasteiger partial charge in [0.1, 0.15) is 12.4 Å². The van der Waals surface area contributed by atoms with Crippen molar-refractivity contribution < 1.29 is 18.8 Å². The molecule has 28 heavy (non-hydrogen) atoms. The highest BCUT2D eigenvalue weighted by molar-refractivity contribution is 5.92. The number of fused-ring (bicyclic) bond motifs is 1. The highest BCUT2D eigenvalue weighted by atomic mass is 16.5. The zero-order valence-corrected chi connectivity index (χ0v) is 15.9. The molecule has 0 unspecified atom stereocenters. The number of aromatic nitrogens is 1. The van der Waals surface area contributed by atoms with Gasteiger partial charge in [-0.05, 0) is 43.3 Å². The Kier molecular flexibility index (Phi) is 4.92. The molecule has 0 spiro atoms. The Hall–Kier alpha value is -3.05. The molecule has 3 aromatic rings. The molecule has 5 nitrogen and oxygen atoms in total. The number of para-hydroxylation sites is 1. The molecular formula is C23H23N2O3+. The number of amides is 2. The van der Waals surface area contributed by atoms with Gasteiger partial charge in [0.2, 0.25) is 0 Å². The van der Waals surface area contributed by atoms with Crippen molar-refractivity contribution in [2.24, 2.45) is 0 Å². The van der Waals surface area contributed by atoms with Crippen LogP contribution in [0.3, 0.4) is 0 Å². The first-order valence-corrected chi connectivity index (χ1v) is 9.57.